The van der Waals surface area contributed by atoms with Gasteiger partial charge in [-0.25, -0.2) is 0 Å². The molecule has 1 aromatic heterocycles. The Kier molecular flexibility index (Phi) is 7.93. The molecular formula is C23H25BrN2O4. The molecule has 6 nitrogen and oxygen atoms in total. The quantitative estimate of drug-likeness (QED) is 0.431. The van der Waals surface area contributed by atoms with Crippen LogP contribution in [0, 0.1) is 6.92 Å². The van der Waals surface area contributed by atoms with Crippen molar-refractivity contribution in [1.29, 1.82) is 0 Å². The molecule has 7 heteroatoms. The van der Waals surface area contributed by atoms with Crippen LogP contribution in [0.2, 0.25) is 0 Å². The van der Waals surface area contributed by atoms with Crippen molar-refractivity contribution in [3.05, 3.63) is 76.2 Å². The lowest BCUT2D eigenvalue weighted by molar-refractivity contribution is -0.118. The molecule has 0 saturated heterocycles. The molecule has 3 rings (SSSR count). The highest BCUT2D eigenvalue weighted by atomic mass is 79.9. The van der Waals surface area contributed by atoms with Crippen molar-refractivity contribution in [2.75, 3.05) is 18.5 Å². The van der Waals surface area contributed by atoms with Crippen LogP contribution in [0.1, 0.15) is 23.8 Å². The number of aryl methyl sites for hydroxylation is 1. The van der Waals surface area contributed by atoms with E-state index in [0.29, 0.717) is 31.2 Å². The standard InChI is InChI=1S/C23H25BrN2O4/c1-3-28-21-12-17(13-25-14-19-5-4-10-29-19)11-20(24)23(21)30-15-22(27)26-18-8-6-16(2)7-9-18/h4-12,25H,3,13-15H2,1-2H3,(H,26,27). The predicted molar refractivity (Wildman–Crippen MR) is 120 cm³/mol. The Labute approximate surface area is 184 Å². The number of hydrogen-bond acceptors (Lipinski definition) is 5. The molecule has 0 bridgehead atoms. The predicted octanol–water partition coefficient (Wildman–Crippen LogP) is 5.06. The molecule has 30 heavy (non-hydrogen) atoms. The molecule has 0 aliphatic heterocycles. The molecule has 1 heterocycles. The van der Waals surface area contributed by atoms with Gasteiger partial charge in [0.1, 0.15) is 5.76 Å². The zero-order valence-electron chi connectivity index (χ0n) is 17.0. The van der Waals surface area contributed by atoms with Gasteiger partial charge in [-0.05, 0) is 71.7 Å². The van der Waals surface area contributed by atoms with Crippen molar-refractivity contribution in [3.8, 4) is 11.5 Å². The van der Waals surface area contributed by atoms with Gasteiger partial charge in [-0.1, -0.05) is 17.7 Å². The van der Waals surface area contributed by atoms with Gasteiger partial charge < -0.3 is 24.5 Å². The summed E-state index contributed by atoms with van der Waals surface area (Å²) >= 11 is 3.54. The second-order valence-electron chi connectivity index (χ2n) is 6.72. The van der Waals surface area contributed by atoms with Crippen molar-refractivity contribution >= 4 is 27.5 Å². The van der Waals surface area contributed by atoms with Gasteiger partial charge in [0.05, 0.1) is 23.9 Å². The second kappa shape index (κ2) is 10.8. The Bertz CT molecular complexity index is 956. The molecule has 0 spiro atoms. The molecule has 1 amide bonds. The third kappa shape index (κ3) is 6.37. The Morgan fingerprint density at radius 1 is 1.10 bits per heavy atom. The van der Waals surface area contributed by atoms with Crippen LogP contribution in [0.3, 0.4) is 0 Å². The first kappa shape index (κ1) is 21.9. The van der Waals surface area contributed by atoms with Crippen molar-refractivity contribution in [2.24, 2.45) is 0 Å². The number of hydrogen-bond donors (Lipinski definition) is 2. The molecule has 0 saturated carbocycles. The monoisotopic (exact) mass is 472 g/mol. The zero-order chi connectivity index (χ0) is 21.3. The van der Waals surface area contributed by atoms with Crippen LogP contribution in [0.4, 0.5) is 5.69 Å². The van der Waals surface area contributed by atoms with Gasteiger partial charge in [-0.3, -0.25) is 4.79 Å². The Hall–Kier alpha value is -2.77. The number of rotatable bonds is 10. The van der Waals surface area contributed by atoms with Crippen molar-refractivity contribution < 1.29 is 18.7 Å². The molecular weight excluding hydrogens is 448 g/mol. The maximum atomic E-state index is 12.3. The summed E-state index contributed by atoms with van der Waals surface area (Å²) in [4.78, 5) is 12.3. The number of carbonyl (C=O) groups excluding carboxylic acids is 1. The van der Waals surface area contributed by atoms with Crippen molar-refractivity contribution in [3.63, 3.8) is 0 Å². The molecule has 2 aromatic carbocycles. The van der Waals surface area contributed by atoms with E-state index in [1.807, 2.05) is 62.4 Å². The fraction of sp³-hybridized carbons (Fsp3) is 0.261. The van der Waals surface area contributed by atoms with Gasteiger partial charge in [0.2, 0.25) is 0 Å². The summed E-state index contributed by atoms with van der Waals surface area (Å²) in [5.41, 5.74) is 2.89. The molecule has 0 atom stereocenters. The van der Waals surface area contributed by atoms with E-state index in [2.05, 4.69) is 26.6 Å². The third-order valence-electron chi connectivity index (χ3n) is 4.26. The molecule has 0 fully saturated rings. The van der Waals surface area contributed by atoms with Gasteiger partial charge in [-0.15, -0.1) is 0 Å². The smallest absolute Gasteiger partial charge is 0.262 e. The van der Waals surface area contributed by atoms with Gasteiger partial charge >= 0.3 is 0 Å². The number of ether oxygens (including phenoxy) is 2. The number of halogens is 1. The lowest BCUT2D eigenvalue weighted by Crippen LogP contribution is -2.20. The van der Waals surface area contributed by atoms with Crippen LogP contribution >= 0.6 is 15.9 Å². The summed E-state index contributed by atoms with van der Waals surface area (Å²) in [5.74, 6) is 1.73. The van der Waals surface area contributed by atoms with E-state index >= 15 is 0 Å². The number of benzene rings is 2. The molecule has 2 N–H and O–H groups in total. The first-order valence-corrected chi connectivity index (χ1v) is 10.5. The van der Waals surface area contributed by atoms with E-state index in [4.69, 9.17) is 13.9 Å². The number of amides is 1. The summed E-state index contributed by atoms with van der Waals surface area (Å²) in [5, 5.41) is 6.15. The van der Waals surface area contributed by atoms with Crippen LogP contribution in [0.5, 0.6) is 11.5 Å². The van der Waals surface area contributed by atoms with Gasteiger partial charge in [0.25, 0.3) is 5.91 Å². The van der Waals surface area contributed by atoms with Crippen molar-refractivity contribution in [1.82, 2.24) is 5.32 Å². The molecule has 0 aliphatic rings. The highest BCUT2D eigenvalue weighted by Gasteiger charge is 2.14. The molecule has 158 valence electrons. The van der Waals surface area contributed by atoms with Crippen LogP contribution in [0.25, 0.3) is 0 Å². The lowest BCUT2D eigenvalue weighted by atomic mass is 10.2. The van der Waals surface area contributed by atoms with Gasteiger partial charge in [0, 0.05) is 12.2 Å². The van der Waals surface area contributed by atoms with Crippen LogP contribution < -0.4 is 20.1 Å². The summed E-state index contributed by atoms with van der Waals surface area (Å²) in [6.07, 6.45) is 1.65. The zero-order valence-corrected chi connectivity index (χ0v) is 18.6. The lowest BCUT2D eigenvalue weighted by Gasteiger charge is -2.16. The first-order valence-electron chi connectivity index (χ1n) is 9.72. The van der Waals surface area contributed by atoms with E-state index in [-0.39, 0.29) is 12.5 Å². The van der Waals surface area contributed by atoms with E-state index in [9.17, 15) is 4.79 Å². The summed E-state index contributed by atoms with van der Waals surface area (Å²) in [6, 6.07) is 15.3. The molecule has 0 radical (unpaired) electrons. The van der Waals surface area contributed by atoms with E-state index < -0.39 is 0 Å². The van der Waals surface area contributed by atoms with Crippen LogP contribution in [0.15, 0.2) is 63.7 Å². The maximum Gasteiger partial charge on any atom is 0.262 e. The Morgan fingerprint density at radius 3 is 2.60 bits per heavy atom. The molecule has 0 aliphatic carbocycles. The SMILES string of the molecule is CCOc1cc(CNCc2ccco2)cc(Br)c1OCC(=O)Nc1ccc(C)cc1. The fourth-order valence-corrected chi connectivity index (χ4v) is 3.45. The van der Waals surface area contributed by atoms with E-state index in [1.54, 1.807) is 6.26 Å². The minimum atomic E-state index is -0.239. The minimum Gasteiger partial charge on any atom is -0.490 e. The topological polar surface area (TPSA) is 72.7 Å². The number of nitrogens with one attached hydrogen (secondary N) is 2. The average molecular weight is 473 g/mol. The second-order valence-corrected chi connectivity index (χ2v) is 7.58. The molecule has 0 unspecified atom stereocenters. The summed E-state index contributed by atoms with van der Waals surface area (Å²) in [6.45, 7) is 5.53. The van der Waals surface area contributed by atoms with Gasteiger partial charge in [-0.2, -0.15) is 0 Å². The maximum absolute atomic E-state index is 12.3. The summed E-state index contributed by atoms with van der Waals surface area (Å²) < 4.78 is 17.6. The Morgan fingerprint density at radius 2 is 1.90 bits per heavy atom. The third-order valence-corrected chi connectivity index (χ3v) is 4.85. The fourth-order valence-electron chi connectivity index (χ4n) is 2.84. The highest BCUT2D eigenvalue weighted by molar-refractivity contribution is 9.10. The van der Waals surface area contributed by atoms with E-state index in [0.717, 1.165) is 27.0 Å². The van der Waals surface area contributed by atoms with Gasteiger partial charge in [0.15, 0.2) is 18.1 Å². The van der Waals surface area contributed by atoms with Crippen LogP contribution in [-0.2, 0) is 17.9 Å². The average Bonchev–Trinajstić information content (AvgIpc) is 3.23. The number of furan rings is 1. The number of anilines is 1. The van der Waals surface area contributed by atoms with Crippen molar-refractivity contribution in [2.45, 2.75) is 26.9 Å². The largest absolute Gasteiger partial charge is 0.490 e. The summed E-state index contributed by atoms with van der Waals surface area (Å²) in [7, 11) is 0. The molecule has 3 aromatic rings. The Balaban J connectivity index is 1.61. The van der Waals surface area contributed by atoms with Crippen LogP contribution in [-0.4, -0.2) is 19.1 Å². The first-order chi connectivity index (χ1) is 14.5. The number of carbonyl (C=O) groups is 1. The highest BCUT2D eigenvalue weighted by Crippen LogP contribution is 2.37. The normalized spacial score (nSPS) is 10.6. The minimum absolute atomic E-state index is 0.122. The van der Waals surface area contributed by atoms with E-state index in [1.165, 1.54) is 0 Å².